The number of aromatic nitrogens is 1. The van der Waals surface area contributed by atoms with Crippen molar-refractivity contribution in [3.8, 4) is 11.1 Å². The number of rotatable bonds is 4. The lowest BCUT2D eigenvalue weighted by Crippen LogP contribution is -2.06. The molecule has 0 spiro atoms. The Hall–Kier alpha value is -2.88. The van der Waals surface area contributed by atoms with Crippen molar-refractivity contribution in [3.05, 3.63) is 78.5 Å². The van der Waals surface area contributed by atoms with Gasteiger partial charge in [0.1, 0.15) is 6.61 Å². The molecule has 0 radical (unpaired) electrons. The predicted octanol–water partition coefficient (Wildman–Crippen LogP) is 3.70. The first kappa shape index (κ1) is 13.1. The standard InChI is InChI=1S/C17H13NO3/c19-17(21-12-14-8-4-5-10-18-14)16-15(9-11-20-16)13-6-2-1-3-7-13/h1-11H,12H2. The first-order valence-corrected chi connectivity index (χ1v) is 6.54. The molecule has 3 rings (SSSR count). The third-order valence-corrected chi connectivity index (χ3v) is 3.01. The normalized spacial score (nSPS) is 10.3. The molecular formula is C17H13NO3. The van der Waals surface area contributed by atoms with Crippen molar-refractivity contribution in [2.24, 2.45) is 0 Å². The van der Waals surface area contributed by atoms with Gasteiger partial charge in [-0.3, -0.25) is 4.98 Å². The van der Waals surface area contributed by atoms with E-state index in [1.807, 2.05) is 42.5 Å². The van der Waals surface area contributed by atoms with Crippen LogP contribution in [0.25, 0.3) is 11.1 Å². The van der Waals surface area contributed by atoms with E-state index in [2.05, 4.69) is 4.98 Å². The van der Waals surface area contributed by atoms with Crippen LogP contribution >= 0.6 is 0 Å². The van der Waals surface area contributed by atoms with Crippen LogP contribution in [0.15, 0.2) is 71.5 Å². The highest BCUT2D eigenvalue weighted by Gasteiger charge is 2.18. The van der Waals surface area contributed by atoms with E-state index in [0.717, 1.165) is 11.1 Å². The van der Waals surface area contributed by atoms with E-state index >= 15 is 0 Å². The molecule has 4 nitrogen and oxygen atoms in total. The van der Waals surface area contributed by atoms with E-state index in [-0.39, 0.29) is 12.4 Å². The van der Waals surface area contributed by atoms with Gasteiger partial charge in [-0.25, -0.2) is 4.79 Å². The zero-order chi connectivity index (χ0) is 14.5. The van der Waals surface area contributed by atoms with Crippen LogP contribution in [0.3, 0.4) is 0 Å². The van der Waals surface area contributed by atoms with Crippen LogP contribution in [-0.4, -0.2) is 11.0 Å². The second-order valence-corrected chi connectivity index (χ2v) is 4.43. The molecule has 4 heteroatoms. The molecule has 1 aromatic carbocycles. The van der Waals surface area contributed by atoms with Crippen molar-refractivity contribution in [1.29, 1.82) is 0 Å². The molecule has 2 aromatic heterocycles. The highest BCUT2D eigenvalue weighted by atomic mass is 16.5. The van der Waals surface area contributed by atoms with Gasteiger partial charge in [0.25, 0.3) is 0 Å². The van der Waals surface area contributed by atoms with Gasteiger partial charge in [-0.2, -0.15) is 0 Å². The summed E-state index contributed by atoms with van der Waals surface area (Å²) in [5.74, 6) is -0.290. The molecule has 0 atom stereocenters. The molecule has 0 amide bonds. The topological polar surface area (TPSA) is 52.3 Å². The summed E-state index contributed by atoms with van der Waals surface area (Å²) < 4.78 is 10.5. The molecule has 0 fully saturated rings. The molecule has 104 valence electrons. The summed E-state index contributed by atoms with van der Waals surface area (Å²) in [7, 11) is 0. The van der Waals surface area contributed by atoms with E-state index in [4.69, 9.17) is 9.15 Å². The fourth-order valence-electron chi connectivity index (χ4n) is 2.00. The molecular weight excluding hydrogens is 266 g/mol. The molecule has 0 aliphatic rings. The lowest BCUT2D eigenvalue weighted by atomic mass is 10.1. The molecule has 0 N–H and O–H groups in total. The van der Waals surface area contributed by atoms with Crippen molar-refractivity contribution >= 4 is 5.97 Å². The Bertz CT molecular complexity index is 720. The monoisotopic (exact) mass is 279 g/mol. The molecule has 0 unspecified atom stereocenters. The number of pyridine rings is 1. The van der Waals surface area contributed by atoms with Gasteiger partial charge in [0, 0.05) is 11.8 Å². The number of furan rings is 1. The van der Waals surface area contributed by atoms with E-state index < -0.39 is 5.97 Å². The quantitative estimate of drug-likeness (QED) is 0.683. The van der Waals surface area contributed by atoms with Gasteiger partial charge in [0.2, 0.25) is 5.76 Å². The van der Waals surface area contributed by atoms with Crippen LogP contribution in [0.1, 0.15) is 16.2 Å². The average molecular weight is 279 g/mol. The molecule has 0 aliphatic heterocycles. The number of esters is 1. The van der Waals surface area contributed by atoms with Gasteiger partial charge in [-0.05, 0) is 23.8 Å². The van der Waals surface area contributed by atoms with Gasteiger partial charge < -0.3 is 9.15 Å². The average Bonchev–Trinajstić information content (AvgIpc) is 3.04. The number of ether oxygens (including phenoxy) is 1. The highest BCUT2D eigenvalue weighted by Crippen LogP contribution is 2.25. The Morgan fingerprint density at radius 2 is 1.86 bits per heavy atom. The first-order valence-electron chi connectivity index (χ1n) is 6.54. The summed E-state index contributed by atoms with van der Waals surface area (Å²) in [5.41, 5.74) is 2.33. The van der Waals surface area contributed by atoms with Gasteiger partial charge in [0.05, 0.1) is 12.0 Å². The Morgan fingerprint density at radius 3 is 2.62 bits per heavy atom. The van der Waals surface area contributed by atoms with Crippen molar-refractivity contribution in [2.45, 2.75) is 6.61 Å². The van der Waals surface area contributed by atoms with E-state index in [1.54, 1.807) is 18.3 Å². The zero-order valence-electron chi connectivity index (χ0n) is 11.2. The van der Waals surface area contributed by atoms with Crippen molar-refractivity contribution in [2.75, 3.05) is 0 Å². The summed E-state index contributed by atoms with van der Waals surface area (Å²) >= 11 is 0. The summed E-state index contributed by atoms with van der Waals surface area (Å²) in [6.07, 6.45) is 3.14. The number of carbonyl (C=O) groups is 1. The van der Waals surface area contributed by atoms with Crippen molar-refractivity contribution in [1.82, 2.24) is 4.98 Å². The molecule has 3 aromatic rings. The Kier molecular flexibility index (Phi) is 3.78. The smallest absolute Gasteiger partial charge is 0.375 e. The molecule has 0 saturated carbocycles. The van der Waals surface area contributed by atoms with Gasteiger partial charge >= 0.3 is 5.97 Å². The summed E-state index contributed by atoms with van der Waals surface area (Å²) in [6, 6.07) is 16.8. The van der Waals surface area contributed by atoms with Crippen molar-refractivity contribution < 1.29 is 13.9 Å². The molecule has 0 aliphatic carbocycles. The lowest BCUT2D eigenvalue weighted by Gasteiger charge is -2.04. The molecule has 2 heterocycles. The minimum absolute atomic E-state index is 0.120. The Morgan fingerprint density at radius 1 is 1.05 bits per heavy atom. The lowest BCUT2D eigenvalue weighted by molar-refractivity contribution is 0.0432. The summed E-state index contributed by atoms with van der Waals surface area (Å²) in [6.45, 7) is 0.120. The minimum Gasteiger partial charge on any atom is -0.457 e. The van der Waals surface area contributed by atoms with E-state index in [1.165, 1.54) is 6.26 Å². The van der Waals surface area contributed by atoms with E-state index in [9.17, 15) is 4.79 Å². The summed E-state index contributed by atoms with van der Waals surface area (Å²) in [5, 5.41) is 0. The SMILES string of the molecule is O=C(OCc1ccccn1)c1occc1-c1ccccc1. The van der Waals surface area contributed by atoms with Crippen LogP contribution in [0.5, 0.6) is 0 Å². The maximum Gasteiger partial charge on any atom is 0.375 e. The largest absolute Gasteiger partial charge is 0.457 e. The number of hydrogen-bond donors (Lipinski definition) is 0. The minimum atomic E-state index is -0.496. The maximum atomic E-state index is 12.1. The second kappa shape index (κ2) is 6.05. The Labute approximate surface area is 122 Å². The number of carbonyl (C=O) groups excluding carboxylic acids is 1. The zero-order valence-corrected chi connectivity index (χ0v) is 11.2. The molecule has 0 saturated heterocycles. The van der Waals surface area contributed by atoms with Crippen LogP contribution in [-0.2, 0) is 11.3 Å². The number of nitrogens with zero attached hydrogens (tertiary/aromatic N) is 1. The van der Waals surface area contributed by atoms with E-state index in [0.29, 0.717) is 5.69 Å². The second-order valence-electron chi connectivity index (χ2n) is 4.43. The van der Waals surface area contributed by atoms with Crippen molar-refractivity contribution in [3.63, 3.8) is 0 Å². The third kappa shape index (κ3) is 3.00. The number of benzene rings is 1. The molecule has 0 bridgehead atoms. The maximum absolute atomic E-state index is 12.1. The molecule has 21 heavy (non-hydrogen) atoms. The number of hydrogen-bond acceptors (Lipinski definition) is 4. The summed E-state index contributed by atoms with van der Waals surface area (Å²) in [4.78, 5) is 16.2. The fourth-order valence-corrected chi connectivity index (χ4v) is 2.00. The van der Waals surface area contributed by atoms with Gasteiger partial charge in [-0.1, -0.05) is 36.4 Å². The van der Waals surface area contributed by atoms with Crippen LogP contribution in [0.4, 0.5) is 0 Å². The van der Waals surface area contributed by atoms with Crippen LogP contribution < -0.4 is 0 Å². The third-order valence-electron chi connectivity index (χ3n) is 3.01. The first-order chi connectivity index (χ1) is 10.3. The highest BCUT2D eigenvalue weighted by molar-refractivity contribution is 5.94. The Balaban J connectivity index is 1.76. The van der Waals surface area contributed by atoms with Gasteiger partial charge in [0.15, 0.2) is 0 Å². The fraction of sp³-hybridized carbons (Fsp3) is 0.0588. The van der Waals surface area contributed by atoms with Gasteiger partial charge in [-0.15, -0.1) is 0 Å². The van der Waals surface area contributed by atoms with Crippen LogP contribution in [0.2, 0.25) is 0 Å². The predicted molar refractivity (Wildman–Crippen MR) is 77.5 cm³/mol. The van der Waals surface area contributed by atoms with Crippen LogP contribution in [0, 0.1) is 0 Å².